The van der Waals surface area contributed by atoms with Gasteiger partial charge >= 0.3 is 0 Å². The van der Waals surface area contributed by atoms with E-state index in [4.69, 9.17) is 0 Å². The summed E-state index contributed by atoms with van der Waals surface area (Å²) in [6, 6.07) is 2.66. The zero-order valence-corrected chi connectivity index (χ0v) is 7.06. The van der Waals surface area contributed by atoms with Crippen molar-refractivity contribution in [2.75, 3.05) is 0 Å². The number of halogens is 2. The van der Waals surface area contributed by atoms with E-state index in [0.717, 1.165) is 18.2 Å². The van der Waals surface area contributed by atoms with Crippen molar-refractivity contribution in [1.29, 1.82) is 0 Å². The molecule has 13 heavy (non-hydrogen) atoms. The number of hydrogen-bond donors (Lipinski definition) is 1. The molecule has 0 saturated carbocycles. The molecule has 2 rings (SSSR count). The third-order valence-electron chi connectivity index (χ3n) is 2.05. The van der Waals surface area contributed by atoms with Crippen molar-refractivity contribution in [2.45, 2.75) is 13.3 Å². The lowest BCUT2D eigenvalue weighted by Gasteiger charge is -1.93. The molecule has 0 unspecified atom stereocenters. The van der Waals surface area contributed by atoms with Crippen LogP contribution in [-0.4, -0.2) is 10.2 Å². The molecular formula is C9H8F2N2. The summed E-state index contributed by atoms with van der Waals surface area (Å²) in [4.78, 5) is 0. The molecule has 0 aliphatic rings. The summed E-state index contributed by atoms with van der Waals surface area (Å²) in [6.45, 7) is 1.92. The number of nitrogens with one attached hydrogen (secondary N) is 1. The monoisotopic (exact) mass is 182 g/mol. The fourth-order valence-corrected chi connectivity index (χ4v) is 1.35. The molecule has 1 heterocycles. The maximum absolute atomic E-state index is 13.1. The summed E-state index contributed by atoms with van der Waals surface area (Å²) < 4.78 is 25.8. The number of rotatable bonds is 1. The van der Waals surface area contributed by atoms with Crippen LogP contribution >= 0.6 is 0 Å². The molecule has 0 atom stereocenters. The van der Waals surface area contributed by atoms with Crippen molar-refractivity contribution in [1.82, 2.24) is 10.2 Å². The Hall–Kier alpha value is -1.45. The molecule has 1 aromatic heterocycles. The van der Waals surface area contributed by atoms with E-state index >= 15 is 0 Å². The van der Waals surface area contributed by atoms with Gasteiger partial charge in [-0.25, -0.2) is 8.78 Å². The maximum atomic E-state index is 13.1. The van der Waals surface area contributed by atoms with Crippen molar-refractivity contribution in [3.8, 4) is 0 Å². The quantitative estimate of drug-likeness (QED) is 0.720. The second kappa shape index (κ2) is 2.80. The molecule has 0 radical (unpaired) electrons. The Morgan fingerprint density at radius 3 is 2.85 bits per heavy atom. The van der Waals surface area contributed by atoms with Crippen LogP contribution in [0.2, 0.25) is 0 Å². The average molecular weight is 182 g/mol. The molecule has 0 saturated heterocycles. The van der Waals surface area contributed by atoms with Crippen molar-refractivity contribution < 1.29 is 8.78 Å². The number of fused-ring (bicyclic) bond motifs is 1. The Bertz CT molecular complexity index is 448. The van der Waals surface area contributed by atoms with E-state index in [-0.39, 0.29) is 5.52 Å². The smallest absolute Gasteiger partial charge is 0.186 e. The normalized spacial score (nSPS) is 11.0. The number of aromatic nitrogens is 2. The molecule has 0 aliphatic heterocycles. The average Bonchev–Trinajstić information content (AvgIpc) is 2.55. The van der Waals surface area contributed by atoms with Gasteiger partial charge in [0, 0.05) is 11.1 Å². The number of nitrogens with zero attached hydrogens (tertiary/aromatic N) is 1. The van der Waals surface area contributed by atoms with Crippen molar-refractivity contribution >= 4 is 10.9 Å². The number of H-pyrrole nitrogens is 1. The maximum Gasteiger partial charge on any atom is 0.186 e. The number of aromatic amines is 1. The van der Waals surface area contributed by atoms with Gasteiger partial charge in [0.2, 0.25) is 0 Å². The lowest BCUT2D eigenvalue weighted by atomic mass is 10.2. The minimum Gasteiger partial charge on any atom is -0.281 e. The van der Waals surface area contributed by atoms with Gasteiger partial charge in [-0.3, -0.25) is 5.10 Å². The summed E-state index contributed by atoms with van der Waals surface area (Å²) in [7, 11) is 0. The molecule has 0 spiro atoms. The van der Waals surface area contributed by atoms with Gasteiger partial charge in [-0.2, -0.15) is 5.10 Å². The zero-order valence-electron chi connectivity index (χ0n) is 7.06. The third-order valence-corrected chi connectivity index (χ3v) is 2.05. The first-order valence-electron chi connectivity index (χ1n) is 4.05. The van der Waals surface area contributed by atoms with E-state index in [2.05, 4.69) is 10.2 Å². The van der Waals surface area contributed by atoms with Gasteiger partial charge in [0.05, 0.1) is 0 Å². The van der Waals surface area contributed by atoms with Crippen LogP contribution < -0.4 is 0 Å². The first-order chi connectivity index (χ1) is 6.24. The zero-order chi connectivity index (χ0) is 9.42. The predicted molar refractivity (Wildman–Crippen MR) is 45.4 cm³/mol. The molecule has 0 fully saturated rings. The minimum atomic E-state index is -0.881. The Labute approximate surface area is 73.6 Å². The minimum absolute atomic E-state index is 0.0804. The summed E-state index contributed by atoms with van der Waals surface area (Å²) in [5.41, 5.74) is 0.908. The van der Waals surface area contributed by atoms with E-state index < -0.39 is 11.6 Å². The lowest BCUT2D eigenvalue weighted by Crippen LogP contribution is -1.85. The SMILES string of the molecule is CCc1[nH]nc2c(F)c(F)ccc12. The van der Waals surface area contributed by atoms with E-state index in [0.29, 0.717) is 5.39 Å². The van der Waals surface area contributed by atoms with Crippen LogP contribution in [-0.2, 0) is 6.42 Å². The fraction of sp³-hybridized carbons (Fsp3) is 0.222. The first-order valence-corrected chi connectivity index (χ1v) is 4.05. The molecule has 68 valence electrons. The molecule has 2 nitrogen and oxygen atoms in total. The van der Waals surface area contributed by atoms with Crippen LogP contribution in [0, 0.1) is 11.6 Å². The van der Waals surface area contributed by atoms with Gasteiger partial charge in [0.25, 0.3) is 0 Å². The van der Waals surface area contributed by atoms with E-state index in [1.807, 2.05) is 6.92 Å². The summed E-state index contributed by atoms with van der Waals surface area (Å²) in [6.07, 6.45) is 0.724. The van der Waals surface area contributed by atoms with Crippen LogP contribution in [0.5, 0.6) is 0 Å². The second-order valence-electron chi connectivity index (χ2n) is 2.81. The molecule has 2 aromatic rings. The molecule has 0 aliphatic carbocycles. The van der Waals surface area contributed by atoms with E-state index in [9.17, 15) is 8.78 Å². The second-order valence-corrected chi connectivity index (χ2v) is 2.81. The van der Waals surface area contributed by atoms with Crippen LogP contribution in [0.3, 0.4) is 0 Å². The highest BCUT2D eigenvalue weighted by Gasteiger charge is 2.11. The lowest BCUT2D eigenvalue weighted by molar-refractivity contribution is 0.515. The van der Waals surface area contributed by atoms with Gasteiger partial charge in [-0.1, -0.05) is 6.92 Å². The fourth-order valence-electron chi connectivity index (χ4n) is 1.35. The van der Waals surface area contributed by atoms with Gasteiger partial charge in [-0.15, -0.1) is 0 Å². The molecule has 1 N–H and O–H groups in total. The van der Waals surface area contributed by atoms with Gasteiger partial charge in [0.15, 0.2) is 11.6 Å². The molecule has 0 amide bonds. The third kappa shape index (κ3) is 1.09. The predicted octanol–water partition coefficient (Wildman–Crippen LogP) is 2.40. The van der Waals surface area contributed by atoms with Crippen LogP contribution in [0.4, 0.5) is 8.78 Å². The van der Waals surface area contributed by atoms with Gasteiger partial charge in [-0.05, 0) is 18.6 Å². The summed E-state index contributed by atoms with van der Waals surface area (Å²) in [5, 5.41) is 7.04. The standard InChI is InChI=1S/C9H8F2N2/c1-2-7-5-3-4-6(10)8(11)9(5)13-12-7/h3-4H,2H2,1H3,(H,12,13). The molecule has 1 aromatic carbocycles. The Kier molecular flexibility index (Phi) is 1.76. The number of hydrogen-bond acceptors (Lipinski definition) is 1. The Balaban J connectivity index is 2.81. The van der Waals surface area contributed by atoms with E-state index in [1.54, 1.807) is 0 Å². The van der Waals surface area contributed by atoms with Gasteiger partial charge < -0.3 is 0 Å². The molecule has 0 bridgehead atoms. The number of benzene rings is 1. The summed E-state index contributed by atoms with van der Waals surface area (Å²) in [5.74, 6) is -1.74. The Morgan fingerprint density at radius 2 is 2.15 bits per heavy atom. The number of aryl methyl sites for hydroxylation is 1. The highest BCUT2D eigenvalue weighted by atomic mass is 19.2. The highest BCUT2D eigenvalue weighted by molar-refractivity contribution is 5.81. The van der Waals surface area contributed by atoms with Gasteiger partial charge in [0.1, 0.15) is 5.52 Å². The van der Waals surface area contributed by atoms with Crippen molar-refractivity contribution in [3.05, 3.63) is 29.5 Å². The van der Waals surface area contributed by atoms with Crippen molar-refractivity contribution in [3.63, 3.8) is 0 Å². The Morgan fingerprint density at radius 1 is 1.38 bits per heavy atom. The van der Waals surface area contributed by atoms with Crippen molar-refractivity contribution in [2.24, 2.45) is 0 Å². The summed E-state index contributed by atoms with van der Waals surface area (Å²) >= 11 is 0. The van der Waals surface area contributed by atoms with Crippen LogP contribution in [0.25, 0.3) is 10.9 Å². The molecule has 4 heteroatoms. The van der Waals surface area contributed by atoms with Crippen LogP contribution in [0.15, 0.2) is 12.1 Å². The first kappa shape index (κ1) is 8.16. The topological polar surface area (TPSA) is 28.7 Å². The molecular weight excluding hydrogens is 174 g/mol. The largest absolute Gasteiger partial charge is 0.281 e. The van der Waals surface area contributed by atoms with Crippen LogP contribution in [0.1, 0.15) is 12.6 Å². The highest BCUT2D eigenvalue weighted by Crippen LogP contribution is 2.20. The van der Waals surface area contributed by atoms with E-state index in [1.165, 1.54) is 6.07 Å².